The lowest BCUT2D eigenvalue weighted by Gasteiger charge is -2.34. The van der Waals surface area contributed by atoms with Crippen molar-refractivity contribution < 1.29 is 14.7 Å². The van der Waals surface area contributed by atoms with Gasteiger partial charge in [0, 0.05) is 30.7 Å². The highest BCUT2D eigenvalue weighted by Crippen LogP contribution is 2.21. The predicted molar refractivity (Wildman–Crippen MR) is 83.8 cm³/mol. The number of urea groups is 1. The molecular formula is C14H18BrN3O3. The first-order valence-corrected chi connectivity index (χ1v) is 7.61. The zero-order chi connectivity index (χ0) is 15.4. The fourth-order valence-corrected chi connectivity index (χ4v) is 2.62. The normalized spacial score (nSPS) is 15.8. The molecule has 7 heteroatoms. The van der Waals surface area contributed by atoms with Crippen LogP contribution in [0.5, 0.6) is 0 Å². The molecule has 0 saturated carbocycles. The quantitative estimate of drug-likeness (QED) is 0.872. The minimum absolute atomic E-state index is 0.0740. The van der Waals surface area contributed by atoms with Crippen molar-refractivity contribution in [3.05, 3.63) is 28.2 Å². The van der Waals surface area contributed by atoms with Crippen molar-refractivity contribution in [3.63, 3.8) is 0 Å². The van der Waals surface area contributed by atoms with E-state index in [1.54, 1.807) is 17.0 Å². The second kappa shape index (κ2) is 6.91. The number of nitrogens with zero attached hydrogens (tertiary/aromatic N) is 2. The van der Waals surface area contributed by atoms with Crippen LogP contribution in [-0.4, -0.2) is 59.6 Å². The van der Waals surface area contributed by atoms with Gasteiger partial charge in [-0.1, -0.05) is 22.9 Å². The first-order valence-electron chi connectivity index (χ1n) is 6.82. The van der Waals surface area contributed by atoms with Crippen molar-refractivity contribution in [1.82, 2.24) is 9.80 Å². The monoisotopic (exact) mass is 355 g/mol. The molecule has 0 atom stereocenters. The number of aromatic carboxylic acids is 1. The predicted octanol–water partition coefficient (Wildman–Crippen LogP) is 2.32. The summed E-state index contributed by atoms with van der Waals surface area (Å²) in [4.78, 5) is 27.4. The number of hydrogen-bond acceptors (Lipinski definition) is 3. The van der Waals surface area contributed by atoms with Crippen molar-refractivity contribution in [2.75, 3.05) is 38.0 Å². The van der Waals surface area contributed by atoms with Crippen molar-refractivity contribution in [2.24, 2.45) is 0 Å². The van der Waals surface area contributed by atoms with E-state index in [0.29, 0.717) is 23.2 Å². The molecule has 2 rings (SSSR count). The Morgan fingerprint density at radius 2 is 1.95 bits per heavy atom. The van der Waals surface area contributed by atoms with Crippen LogP contribution in [0, 0.1) is 0 Å². The molecule has 0 radical (unpaired) electrons. The van der Waals surface area contributed by atoms with E-state index in [9.17, 15) is 14.7 Å². The van der Waals surface area contributed by atoms with Gasteiger partial charge in [0.15, 0.2) is 0 Å². The summed E-state index contributed by atoms with van der Waals surface area (Å²) in [6, 6.07) is 4.52. The van der Waals surface area contributed by atoms with Gasteiger partial charge in [0.05, 0.1) is 11.3 Å². The van der Waals surface area contributed by atoms with E-state index in [1.807, 2.05) is 0 Å². The summed E-state index contributed by atoms with van der Waals surface area (Å²) in [6.07, 6.45) is 0. The average molecular weight is 356 g/mol. The second-order valence-corrected chi connectivity index (χ2v) is 5.76. The molecule has 0 unspecified atom stereocenters. The lowest BCUT2D eigenvalue weighted by molar-refractivity contribution is 0.0698. The fourth-order valence-electron chi connectivity index (χ4n) is 2.26. The lowest BCUT2D eigenvalue weighted by atomic mass is 10.2. The highest BCUT2D eigenvalue weighted by Gasteiger charge is 2.21. The number of carboxylic acid groups (broad SMARTS) is 1. The molecule has 2 N–H and O–H groups in total. The van der Waals surface area contributed by atoms with E-state index < -0.39 is 5.97 Å². The third-order valence-electron chi connectivity index (χ3n) is 3.56. The highest BCUT2D eigenvalue weighted by molar-refractivity contribution is 9.10. The van der Waals surface area contributed by atoms with Gasteiger partial charge in [0.25, 0.3) is 0 Å². The smallest absolute Gasteiger partial charge is 0.337 e. The highest BCUT2D eigenvalue weighted by atomic mass is 79.9. The van der Waals surface area contributed by atoms with Crippen molar-refractivity contribution in [1.29, 1.82) is 0 Å². The summed E-state index contributed by atoms with van der Waals surface area (Å²) in [5, 5.41) is 11.9. The van der Waals surface area contributed by atoms with E-state index in [-0.39, 0.29) is 11.6 Å². The topological polar surface area (TPSA) is 72.9 Å². The Morgan fingerprint density at radius 1 is 1.29 bits per heavy atom. The number of hydrogen-bond donors (Lipinski definition) is 2. The number of carbonyl (C=O) groups is 2. The van der Waals surface area contributed by atoms with Crippen LogP contribution in [-0.2, 0) is 0 Å². The SMILES string of the molecule is CCN1CCN(C(=O)Nc2ccc(Br)cc2C(=O)O)CC1. The van der Waals surface area contributed by atoms with Gasteiger partial charge >= 0.3 is 12.0 Å². The molecule has 1 aliphatic heterocycles. The molecule has 0 spiro atoms. The first-order chi connectivity index (χ1) is 10.0. The van der Waals surface area contributed by atoms with Crippen LogP contribution in [0.3, 0.4) is 0 Å². The summed E-state index contributed by atoms with van der Waals surface area (Å²) in [5.74, 6) is -1.07. The number of amides is 2. The van der Waals surface area contributed by atoms with Crippen molar-refractivity contribution >= 4 is 33.6 Å². The van der Waals surface area contributed by atoms with Crippen LogP contribution < -0.4 is 5.32 Å². The van der Waals surface area contributed by atoms with Crippen LogP contribution >= 0.6 is 15.9 Å². The summed E-state index contributed by atoms with van der Waals surface area (Å²) in [5.41, 5.74) is 0.388. The number of rotatable bonds is 3. The maximum Gasteiger partial charge on any atom is 0.337 e. The summed E-state index contributed by atoms with van der Waals surface area (Å²) >= 11 is 3.23. The Bertz CT molecular complexity index is 542. The van der Waals surface area contributed by atoms with Gasteiger partial charge in [-0.05, 0) is 24.7 Å². The van der Waals surface area contributed by atoms with E-state index in [0.717, 1.165) is 19.6 Å². The molecule has 6 nitrogen and oxygen atoms in total. The number of anilines is 1. The number of halogens is 1. The average Bonchev–Trinajstić information content (AvgIpc) is 2.49. The van der Waals surface area contributed by atoms with E-state index in [4.69, 9.17) is 0 Å². The van der Waals surface area contributed by atoms with Gasteiger partial charge in [-0.2, -0.15) is 0 Å². The van der Waals surface area contributed by atoms with Gasteiger partial charge in [-0.25, -0.2) is 9.59 Å². The van der Waals surface area contributed by atoms with E-state index >= 15 is 0 Å². The largest absolute Gasteiger partial charge is 0.478 e. The summed E-state index contributed by atoms with van der Waals surface area (Å²) < 4.78 is 0.662. The number of carbonyl (C=O) groups excluding carboxylic acids is 1. The molecule has 21 heavy (non-hydrogen) atoms. The Kier molecular flexibility index (Phi) is 5.19. The number of nitrogens with one attached hydrogen (secondary N) is 1. The minimum atomic E-state index is -1.07. The Hall–Kier alpha value is -1.60. The molecule has 0 aliphatic carbocycles. The second-order valence-electron chi connectivity index (χ2n) is 4.85. The van der Waals surface area contributed by atoms with E-state index in [2.05, 4.69) is 33.1 Å². The van der Waals surface area contributed by atoms with E-state index in [1.165, 1.54) is 6.07 Å². The lowest BCUT2D eigenvalue weighted by Crippen LogP contribution is -2.49. The minimum Gasteiger partial charge on any atom is -0.478 e. The molecular weight excluding hydrogens is 338 g/mol. The van der Waals surface area contributed by atoms with Crippen LogP contribution in [0.15, 0.2) is 22.7 Å². The Morgan fingerprint density at radius 3 is 2.52 bits per heavy atom. The van der Waals surface area contributed by atoms with Gasteiger partial charge in [-0.3, -0.25) is 0 Å². The third-order valence-corrected chi connectivity index (χ3v) is 4.05. The molecule has 114 valence electrons. The van der Waals surface area contributed by atoms with Gasteiger partial charge in [-0.15, -0.1) is 0 Å². The zero-order valence-corrected chi connectivity index (χ0v) is 13.4. The first kappa shape index (κ1) is 15.8. The fraction of sp³-hybridized carbons (Fsp3) is 0.429. The molecule has 2 amide bonds. The molecule has 1 heterocycles. The standard InChI is InChI=1S/C14H18BrN3O3/c1-2-17-5-7-18(8-6-17)14(21)16-12-4-3-10(15)9-11(12)13(19)20/h3-4,9H,2,5-8H2,1H3,(H,16,21)(H,19,20). The maximum absolute atomic E-state index is 12.2. The van der Waals surface area contributed by atoms with Gasteiger partial charge < -0.3 is 20.2 Å². The van der Waals surface area contributed by atoms with Crippen molar-refractivity contribution in [3.8, 4) is 0 Å². The summed E-state index contributed by atoms with van der Waals surface area (Å²) in [6.45, 7) is 6.06. The number of likely N-dealkylation sites (N-methyl/N-ethyl adjacent to an activating group) is 1. The number of piperazine rings is 1. The molecule has 0 bridgehead atoms. The van der Waals surface area contributed by atoms with Crippen LogP contribution in [0.25, 0.3) is 0 Å². The van der Waals surface area contributed by atoms with Crippen LogP contribution in [0.2, 0.25) is 0 Å². The maximum atomic E-state index is 12.2. The summed E-state index contributed by atoms with van der Waals surface area (Å²) in [7, 11) is 0. The number of benzene rings is 1. The number of carboxylic acids is 1. The third kappa shape index (κ3) is 3.95. The Labute approximate surface area is 131 Å². The molecule has 1 aliphatic rings. The Balaban J connectivity index is 2.05. The molecule has 1 aromatic rings. The van der Waals surface area contributed by atoms with Crippen molar-refractivity contribution in [2.45, 2.75) is 6.92 Å². The van der Waals surface area contributed by atoms with Gasteiger partial charge in [0.1, 0.15) is 0 Å². The molecule has 0 aromatic heterocycles. The van der Waals surface area contributed by atoms with Crippen LogP contribution in [0.1, 0.15) is 17.3 Å². The molecule has 1 aromatic carbocycles. The van der Waals surface area contributed by atoms with Gasteiger partial charge in [0.2, 0.25) is 0 Å². The molecule has 1 saturated heterocycles. The van der Waals surface area contributed by atoms with Crippen LogP contribution in [0.4, 0.5) is 10.5 Å². The zero-order valence-electron chi connectivity index (χ0n) is 11.8. The molecule has 1 fully saturated rings.